The number of hydrogen-bond acceptors (Lipinski definition) is 5. The molecule has 0 aliphatic carbocycles. The normalized spacial score (nSPS) is 11.4. The van der Waals surface area contributed by atoms with Crippen LogP contribution in [0.2, 0.25) is 0 Å². The third-order valence-electron chi connectivity index (χ3n) is 3.47. The van der Waals surface area contributed by atoms with Gasteiger partial charge in [-0.05, 0) is 31.2 Å². The average molecular weight is 365 g/mol. The van der Waals surface area contributed by atoms with E-state index in [0.29, 0.717) is 11.8 Å². The molecule has 0 fully saturated rings. The van der Waals surface area contributed by atoms with Gasteiger partial charge in [0.25, 0.3) is 5.91 Å². The van der Waals surface area contributed by atoms with E-state index in [2.05, 4.69) is 5.32 Å². The molecule has 0 spiro atoms. The van der Waals surface area contributed by atoms with Crippen LogP contribution in [0, 0.1) is 11.6 Å². The van der Waals surface area contributed by atoms with E-state index in [4.69, 9.17) is 14.2 Å². The Balaban J connectivity index is 2.07. The number of anilines is 1. The molecule has 0 aliphatic heterocycles. The fourth-order valence-corrected chi connectivity index (χ4v) is 2.07. The summed E-state index contributed by atoms with van der Waals surface area (Å²) in [5, 5.41) is 2.23. The molecule has 6 nitrogen and oxygen atoms in total. The van der Waals surface area contributed by atoms with E-state index in [1.54, 1.807) is 0 Å². The lowest BCUT2D eigenvalue weighted by atomic mass is 10.2. The lowest BCUT2D eigenvalue weighted by Crippen LogP contribution is -2.30. The second kappa shape index (κ2) is 8.28. The topological polar surface area (TPSA) is 73.9 Å². The Morgan fingerprint density at radius 1 is 1.04 bits per heavy atom. The maximum Gasteiger partial charge on any atom is 0.342 e. The number of rotatable bonds is 6. The van der Waals surface area contributed by atoms with E-state index in [9.17, 15) is 18.4 Å². The first-order chi connectivity index (χ1) is 12.3. The van der Waals surface area contributed by atoms with Crippen molar-refractivity contribution in [1.82, 2.24) is 0 Å². The van der Waals surface area contributed by atoms with Crippen molar-refractivity contribution in [3.8, 4) is 11.5 Å². The maximum absolute atomic E-state index is 13.6. The quantitative estimate of drug-likeness (QED) is 0.796. The van der Waals surface area contributed by atoms with Crippen molar-refractivity contribution in [2.24, 2.45) is 0 Å². The number of nitrogens with one attached hydrogen (secondary N) is 1. The van der Waals surface area contributed by atoms with Gasteiger partial charge in [-0.25, -0.2) is 13.6 Å². The van der Waals surface area contributed by atoms with Crippen LogP contribution in [0.15, 0.2) is 36.4 Å². The van der Waals surface area contributed by atoms with Crippen molar-refractivity contribution >= 4 is 17.6 Å². The third kappa shape index (κ3) is 4.47. The van der Waals surface area contributed by atoms with Gasteiger partial charge in [-0.3, -0.25) is 4.79 Å². The summed E-state index contributed by atoms with van der Waals surface area (Å²) in [7, 11) is 2.84. The number of ether oxygens (including phenoxy) is 3. The predicted octanol–water partition coefficient (Wildman–Crippen LogP) is 3.17. The lowest BCUT2D eigenvalue weighted by Gasteiger charge is -2.15. The zero-order valence-electron chi connectivity index (χ0n) is 14.3. The predicted molar refractivity (Wildman–Crippen MR) is 89.4 cm³/mol. The van der Waals surface area contributed by atoms with Crippen LogP contribution in [0.3, 0.4) is 0 Å². The first-order valence-electron chi connectivity index (χ1n) is 7.54. The molecule has 1 atom stereocenters. The lowest BCUT2D eigenvalue weighted by molar-refractivity contribution is -0.123. The molecule has 2 rings (SSSR count). The van der Waals surface area contributed by atoms with Gasteiger partial charge in [-0.1, -0.05) is 0 Å². The Morgan fingerprint density at radius 2 is 1.77 bits per heavy atom. The van der Waals surface area contributed by atoms with Crippen molar-refractivity contribution in [3.63, 3.8) is 0 Å². The number of carbonyl (C=O) groups excluding carboxylic acids is 2. The second-order valence-corrected chi connectivity index (χ2v) is 5.23. The van der Waals surface area contributed by atoms with Gasteiger partial charge in [-0.15, -0.1) is 0 Å². The molecule has 0 bridgehead atoms. The van der Waals surface area contributed by atoms with Gasteiger partial charge in [0.2, 0.25) is 0 Å². The van der Waals surface area contributed by atoms with Crippen LogP contribution in [0.25, 0.3) is 0 Å². The van der Waals surface area contributed by atoms with E-state index < -0.39 is 29.6 Å². The highest BCUT2D eigenvalue weighted by Gasteiger charge is 2.22. The smallest absolute Gasteiger partial charge is 0.342 e. The average Bonchev–Trinajstić information content (AvgIpc) is 2.63. The van der Waals surface area contributed by atoms with Crippen LogP contribution in [-0.4, -0.2) is 32.2 Å². The Morgan fingerprint density at radius 3 is 2.38 bits per heavy atom. The molecule has 0 radical (unpaired) electrons. The number of halogens is 2. The summed E-state index contributed by atoms with van der Waals surface area (Å²) in [5.74, 6) is -2.58. The number of amides is 1. The minimum atomic E-state index is -1.22. The first-order valence-corrected chi connectivity index (χ1v) is 7.54. The van der Waals surface area contributed by atoms with E-state index in [1.807, 2.05) is 0 Å². The maximum atomic E-state index is 13.6. The summed E-state index contributed by atoms with van der Waals surface area (Å²) in [6.45, 7) is 1.32. The number of esters is 1. The zero-order chi connectivity index (χ0) is 19.3. The van der Waals surface area contributed by atoms with Gasteiger partial charge in [0.05, 0.1) is 19.9 Å². The fraction of sp³-hybridized carbons (Fsp3) is 0.222. The monoisotopic (exact) mass is 365 g/mol. The molecule has 0 heterocycles. The molecule has 0 saturated heterocycles. The van der Waals surface area contributed by atoms with Gasteiger partial charge in [-0.2, -0.15) is 0 Å². The van der Waals surface area contributed by atoms with E-state index in [1.165, 1.54) is 39.3 Å². The highest BCUT2D eigenvalue weighted by atomic mass is 19.1. The SMILES string of the molecule is COc1ccc(C(=O)OC(C)C(=O)Nc2ccc(F)cc2F)c(OC)c1. The van der Waals surface area contributed by atoms with Crippen LogP contribution >= 0.6 is 0 Å². The van der Waals surface area contributed by atoms with E-state index in [-0.39, 0.29) is 17.0 Å². The summed E-state index contributed by atoms with van der Waals surface area (Å²) >= 11 is 0. The molecule has 1 amide bonds. The summed E-state index contributed by atoms with van der Waals surface area (Å²) < 4.78 is 41.7. The number of benzene rings is 2. The Kier molecular flexibility index (Phi) is 6.11. The zero-order valence-corrected chi connectivity index (χ0v) is 14.3. The largest absolute Gasteiger partial charge is 0.497 e. The molecule has 8 heteroatoms. The molecule has 0 saturated carbocycles. The third-order valence-corrected chi connectivity index (χ3v) is 3.47. The van der Waals surface area contributed by atoms with Crippen molar-refractivity contribution in [3.05, 3.63) is 53.6 Å². The highest BCUT2D eigenvalue weighted by Crippen LogP contribution is 2.25. The standard InChI is InChI=1S/C18H17F2NO5/c1-10(17(22)21-15-7-4-11(19)8-14(15)20)26-18(23)13-6-5-12(24-2)9-16(13)25-3/h4-10H,1-3H3,(H,21,22). The Labute approximate surface area is 148 Å². The van der Waals surface area contributed by atoms with E-state index in [0.717, 1.165) is 12.1 Å². The van der Waals surface area contributed by atoms with Crippen molar-refractivity contribution in [2.45, 2.75) is 13.0 Å². The van der Waals surface area contributed by atoms with Gasteiger partial charge >= 0.3 is 5.97 Å². The summed E-state index contributed by atoms with van der Waals surface area (Å²) in [4.78, 5) is 24.3. The fourth-order valence-electron chi connectivity index (χ4n) is 2.07. The highest BCUT2D eigenvalue weighted by molar-refractivity contribution is 5.98. The van der Waals surface area contributed by atoms with Crippen molar-refractivity contribution in [2.75, 3.05) is 19.5 Å². The van der Waals surface area contributed by atoms with Crippen LogP contribution < -0.4 is 14.8 Å². The molecule has 26 heavy (non-hydrogen) atoms. The van der Waals surface area contributed by atoms with Gasteiger partial charge < -0.3 is 19.5 Å². The minimum absolute atomic E-state index is 0.0981. The van der Waals surface area contributed by atoms with Gasteiger partial charge in [0.15, 0.2) is 6.10 Å². The van der Waals surface area contributed by atoms with Gasteiger partial charge in [0, 0.05) is 12.1 Å². The molecule has 138 valence electrons. The molecule has 0 aromatic heterocycles. The van der Waals surface area contributed by atoms with Crippen LogP contribution in [0.4, 0.5) is 14.5 Å². The molecular weight excluding hydrogens is 348 g/mol. The van der Waals surface area contributed by atoms with Crippen LogP contribution in [0.1, 0.15) is 17.3 Å². The molecule has 1 unspecified atom stereocenters. The number of carbonyl (C=O) groups is 2. The van der Waals surface area contributed by atoms with Gasteiger partial charge in [0.1, 0.15) is 28.7 Å². The summed E-state index contributed by atoms with van der Waals surface area (Å²) in [6, 6.07) is 7.17. The minimum Gasteiger partial charge on any atom is -0.497 e. The molecular formula is C18H17F2NO5. The van der Waals surface area contributed by atoms with Crippen LogP contribution in [-0.2, 0) is 9.53 Å². The first kappa shape index (κ1) is 19.2. The number of methoxy groups -OCH3 is 2. The van der Waals surface area contributed by atoms with Crippen LogP contribution in [0.5, 0.6) is 11.5 Å². The summed E-state index contributed by atoms with van der Waals surface area (Å²) in [6.07, 6.45) is -1.22. The van der Waals surface area contributed by atoms with Crippen molar-refractivity contribution in [1.29, 1.82) is 0 Å². The Bertz CT molecular complexity index is 825. The molecule has 2 aromatic carbocycles. The Hall–Kier alpha value is -3.16. The summed E-state index contributed by atoms with van der Waals surface area (Å²) in [5.41, 5.74) is -0.123. The second-order valence-electron chi connectivity index (χ2n) is 5.23. The van der Waals surface area contributed by atoms with Crippen molar-refractivity contribution < 1.29 is 32.6 Å². The molecule has 1 N–H and O–H groups in total. The molecule has 0 aliphatic rings. The van der Waals surface area contributed by atoms with E-state index >= 15 is 0 Å². The number of hydrogen-bond donors (Lipinski definition) is 1. The molecule has 2 aromatic rings.